The summed E-state index contributed by atoms with van der Waals surface area (Å²) in [6, 6.07) is 13.9. The van der Waals surface area contributed by atoms with Crippen molar-refractivity contribution in [2.75, 3.05) is 11.9 Å². The number of benzene rings is 2. The second-order valence-corrected chi connectivity index (χ2v) is 7.94. The van der Waals surface area contributed by atoms with E-state index in [1.807, 2.05) is 6.07 Å². The van der Waals surface area contributed by atoms with E-state index in [1.165, 1.54) is 4.68 Å². The van der Waals surface area contributed by atoms with E-state index in [1.54, 1.807) is 42.5 Å². The van der Waals surface area contributed by atoms with Crippen molar-refractivity contribution in [3.05, 3.63) is 69.1 Å². The molecule has 1 heterocycles. The largest absolute Gasteiger partial charge is 0.451 e. The number of esters is 1. The molecular weight excluding hydrogens is 462 g/mol. The fourth-order valence-corrected chi connectivity index (χ4v) is 3.56. The van der Waals surface area contributed by atoms with Crippen LogP contribution in [0.4, 0.5) is 5.69 Å². The molecule has 1 N–H and O–H groups in total. The lowest BCUT2D eigenvalue weighted by Crippen LogP contribution is -2.28. The second kappa shape index (κ2) is 10.9. The maximum absolute atomic E-state index is 12.7. The molecule has 3 rings (SSSR count). The molecule has 0 radical (unpaired) electrons. The summed E-state index contributed by atoms with van der Waals surface area (Å²) in [6.45, 7) is 2.07. The van der Waals surface area contributed by atoms with Crippen LogP contribution in [0.25, 0.3) is 10.8 Å². The van der Waals surface area contributed by atoms with Crippen LogP contribution in [0.3, 0.4) is 0 Å². The summed E-state index contributed by atoms with van der Waals surface area (Å²) in [5, 5.41) is 7.75. The summed E-state index contributed by atoms with van der Waals surface area (Å²) < 4.78 is 7.24. The Morgan fingerprint density at radius 1 is 1.03 bits per heavy atom. The van der Waals surface area contributed by atoms with E-state index in [9.17, 15) is 14.4 Å². The standard InChI is InChI=1S/C23H24BrN3O4/c1-2-3-4-9-14-27-22(29)17-11-6-5-10-16(17)21(26-27)23(30)31-15-20(28)25-19-13-8-7-12-18(19)24/h5-8,10-13H,2-4,9,14-15H2,1H3,(H,25,28). The predicted octanol–water partition coefficient (Wildman–Crippen LogP) is 4.53. The van der Waals surface area contributed by atoms with Gasteiger partial charge in [0.05, 0.1) is 11.1 Å². The Labute approximate surface area is 188 Å². The van der Waals surface area contributed by atoms with Gasteiger partial charge in [0.25, 0.3) is 11.5 Å². The van der Waals surface area contributed by atoms with Gasteiger partial charge in [-0.3, -0.25) is 9.59 Å². The highest BCUT2D eigenvalue weighted by molar-refractivity contribution is 9.10. The van der Waals surface area contributed by atoms with Crippen molar-refractivity contribution in [1.82, 2.24) is 9.78 Å². The Kier molecular flexibility index (Phi) is 7.94. The van der Waals surface area contributed by atoms with Crippen molar-refractivity contribution in [1.29, 1.82) is 0 Å². The van der Waals surface area contributed by atoms with Crippen LogP contribution in [-0.4, -0.2) is 28.3 Å². The van der Waals surface area contributed by atoms with Gasteiger partial charge in [0, 0.05) is 16.4 Å². The van der Waals surface area contributed by atoms with Gasteiger partial charge in [-0.25, -0.2) is 9.48 Å². The first-order chi connectivity index (χ1) is 15.0. The van der Waals surface area contributed by atoms with Crippen LogP contribution in [0.5, 0.6) is 0 Å². The molecule has 0 aliphatic rings. The van der Waals surface area contributed by atoms with E-state index >= 15 is 0 Å². The van der Waals surface area contributed by atoms with Crippen LogP contribution >= 0.6 is 15.9 Å². The molecule has 0 aliphatic heterocycles. The molecule has 0 saturated carbocycles. The van der Waals surface area contributed by atoms with Crippen molar-refractivity contribution in [2.24, 2.45) is 0 Å². The number of nitrogens with zero attached hydrogens (tertiary/aromatic N) is 2. The number of carbonyl (C=O) groups excluding carboxylic acids is 2. The lowest BCUT2D eigenvalue weighted by atomic mass is 10.1. The normalized spacial score (nSPS) is 10.8. The Morgan fingerprint density at radius 3 is 2.48 bits per heavy atom. The third-order valence-electron chi connectivity index (χ3n) is 4.77. The number of aromatic nitrogens is 2. The van der Waals surface area contributed by atoms with Gasteiger partial charge in [-0.15, -0.1) is 0 Å². The highest BCUT2D eigenvalue weighted by Gasteiger charge is 2.19. The quantitative estimate of drug-likeness (QED) is 0.355. The Balaban J connectivity index is 1.76. The molecule has 0 aliphatic carbocycles. The van der Waals surface area contributed by atoms with Crippen LogP contribution in [0.2, 0.25) is 0 Å². The maximum Gasteiger partial charge on any atom is 0.359 e. The molecule has 0 saturated heterocycles. The maximum atomic E-state index is 12.7. The highest BCUT2D eigenvalue weighted by atomic mass is 79.9. The first-order valence-electron chi connectivity index (χ1n) is 10.2. The minimum Gasteiger partial charge on any atom is -0.451 e. The molecule has 31 heavy (non-hydrogen) atoms. The molecule has 0 unspecified atom stereocenters. The fraction of sp³-hybridized carbons (Fsp3) is 0.304. The molecule has 7 nitrogen and oxygen atoms in total. The number of fused-ring (bicyclic) bond motifs is 1. The van der Waals surface area contributed by atoms with Gasteiger partial charge in [-0.1, -0.05) is 56.5 Å². The molecule has 3 aromatic rings. The number of carbonyl (C=O) groups is 2. The van der Waals surface area contributed by atoms with Gasteiger partial charge in [0.2, 0.25) is 0 Å². The summed E-state index contributed by atoms with van der Waals surface area (Å²) >= 11 is 3.35. The Morgan fingerprint density at radius 2 is 1.74 bits per heavy atom. The number of hydrogen-bond acceptors (Lipinski definition) is 5. The summed E-state index contributed by atoms with van der Waals surface area (Å²) in [5.74, 6) is -1.22. The van der Waals surface area contributed by atoms with Gasteiger partial charge in [0.15, 0.2) is 12.3 Å². The van der Waals surface area contributed by atoms with E-state index < -0.39 is 18.5 Å². The van der Waals surface area contributed by atoms with Crippen LogP contribution in [0, 0.1) is 0 Å². The van der Waals surface area contributed by atoms with Crippen molar-refractivity contribution < 1.29 is 14.3 Å². The zero-order chi connectivity index (χ0) is 22.2. The van der Waals surface area contributed by atoms with E-state index in [4.69, 9.17) is 4.74 Å². The molecule has 8 heteroatoms. The topological polar surface area (TPSA) is 90.3 Å². The van der Waals surface area contributed by atoms with Gasteiger partial charge >= 0.3 is 5.97 Å². The number of para-hydroxylation sites is 1. The third kappa shape index (κ3) is 5.79. The molecular formula is C23H24BrN3O4. The number of hydrogen-bond donors (Lipinski definition) is 1. The summed E-state index contributed by atoms with van der Waals surface area (Å²) in [5.41, 5.74) is 0.363. The van der Waals surface area contributed by atoms with Gasteiger partial charge in [-0.2, -0.15) is 5.10 Å². The minimum atomic E-state index is -0.749. The number of nitrogens with one attached hydrogen (secondary N) is 1. The van der Waals surface area contributed by atoms with Crippen LogP contribution in [0.1, 0.15) is 43.1 Å². The molecule has 1 aromatic heterocycles. The zero-order valence-electron chi connectivity index (χ0n) is 17.3. The summed E-state index contributed by atoms with van der Waals surface area (Å²) in [6.07, 6.45) is 3.93. The number of ether oxygens (including phenoxy) is 1. The van der Waals surface area contributed by atoms with Crippen molar-refractivity contribution in [3.63, 3.8) is 0 Å². The SMILES string of the molecule is CCCCCCn1nc(C(=O)OCC(=O)Nc2ccccc2Br)c2ccccc2c1=O. The average Bonchev–Trinajstić information content (AvgIpc) is 2.78. The first-order valence-corrected chi connectivity index (χ1v) is 11.0. The monoisotopic (exact) mass is 485 g/mol. The van der Waals surface area contributed by atoms with Crippen molar-refractivity contribution in [3.8, 4) is 0 Å². The van der Waals surface area contributed by atoms with Crippen LogP contribution in [-0.2, 0) is 16.1 Å². The Bertz CT molecular complexity index is 1140. The number of anilines is 1. The average molecular weight is 486 g/mol. The highest BCUT2D eigenvalue weighted by Crippen LogP contribution is 2.21. The second-order valence-electron chi connectivity index (χ2n) is 7.09. The zero-order valence-corrected chi connectivity index (χ0v) is 18.9. The minimum absolute atomic E-state index is 0.0272. The van der Waals surface area contributed by atoms with E-state index in [2.05, 4.69) is 33.3 Å². The van der Waals surface area contributed by atoms with E-state index in [0.717, 1.165) is 30.2 Å². The van der Waals surface area contributed by atoms with Gasteiger partial charge < -0.3 is 10.1 Å². The number of aryl methyl sites for hydroxylation is 1. The smallest absolute Gasteiger partial charge is 0.359 e. The molecule has 2 aromatic carbocycles. The molecule has 0 spiro atoms. The van der Waals surface area contributed by atoms with Crippen molar-refractivity contribution >= 4 is 44.3 Å². The number of halogens is 1. The van der Waals surface area contributed by atoms with E-state index in [-0.39, 0.29) is 11.3 Å². The molecule has 0 bridgehead atoms. The van der Waals surface area contributed by atoms with Crippen LogP contribution < -0.4 is 10.9 Å². The van der Waals surface area contributed by atoms with Gasteiger partial charge in [0.1, 0.15) is 0 Å². The molecule has 0 atom stereocenters. The predicted molar refractivity (Wildman–Crippen MR) is 123 cm³/mol. The summed E-state index contributed by atoms with van der Waals surface area (Å²) in [4.78, 5) is 37.7. The van der Waals surface area contributed by atoms with Crippen molar-refractivity contribution in [2.45, 2.75) is 39.2 Å². The lowest BCUT2D eigenvalue weighted by Gasteiger charge is -2.11. The molecule has 0 fully saturated rings. The summed E-state index contributed by atoms with van der Waals surface area (Å²) in [7, 11) is 0. The molecule has 162 valence electrons. The molecule has 1 amide bonds. The Hall–Kier alpha value is -3.00. The number of amides is 1. The fourth-order valence-electron chi connectivity index (χ4n) is 3.17. The number of rotatable bonds is 9. The first kappa shape index (κ1) is 22.7. The lowest BCUT2D eigenvalue weighted by molar-refractivity contribution is -0.119. The number of unbranched alkanes of at least 4 members (excludes halogenated alkanes) is 3. The van der Waals surface area contributed by atoms with E-state index in [0.29, 0.717) is 23.0 Å². The van der Waals surface area contributed by atoms with Crippen LogP contribution in [0.15, 0.2) is 57.8 Å². The van der Waals surface area contributed by atoms with Gasteiger partial charge in [-0.05, 0) is 40.5 Å². The third-order valence-corrected chi connectivity index (χ3v) is 5.46.